The first-order valence-electron chi connectivity index (χ1n) is 10.9. The van der Waals surface area contributed by atoms with Crippen LogP contribution in [0.2, 0.25) is 0 Å². The summed E-state index contributed by atoms with van der Waals surface area (Å²) in [6.45, 7) is 8.42. The maximum atomic E-state index is 12.8. The predicted octanol–water partition coefficient (Wildman–Crippen LogP) is 4.71. The van der Waals surface area contributed by atoms with E-state index in [2.05, 4.69) is 27.4 Å². The zero-order chi connectivity index (χ0) is 23.6. The van der Waals surface area contributed by atoms with Gasteiger partial charge in [0.2, 0.25) is 5.91 Å². The summed E-state index contributed by atoms with van der Waals surface area (Å²) in [6, 6.07) is 18.2. The molecular formula is C25H29N5O2S. The minimum Gasteiger partial charge on any atom is -0.342 e. The van der Waals surface area contributed by atoms with Gasteiger partial charge in [-0.15, -0.1) is 16.8 Å². The minimum atomic E-state index is -0.319. The van der Waals surface area contributed by atoms with Gasteiger partial charge in [0, 0.05) is 30.0 Å². The lowest BCUT2D eigenvalue weighted by Gasteiger charge is -2.22. The van der Waals surface area contributed by atoms with Crippen molar-refractivity contribution in [1.29, 1.82) is 0 Å². The Morgan fingerprint density at radius 3 is 2.36 bits per heavy atom. The van der Waals surface area contributed by atoms with Gasteiger partial charge in [0.1, 0.15) is 0 Å². The van der Waals surface area contributed by atoms with E-state index < -0.39 is 0 Å². The summed E-state index contributed by atoms with van der Waals surface area (Å²) in [5, 5.41) is 15.4. The summed E-state index contributed by atoms with van der Waals surface area (Å²) in [5.74, 6) is 1.11. The molecule has 7 nitrogen and oxygen atoms in total. The van der Waals surface area contributed by atoms with Crippen molar-refractivity contribution < 1.29 is 9.59 Å². The summed E-state index contributed by atoms with van der Waals surface area (Å²) in [6.07, 6.45) is 2.11. The topological polar surface area (TPSA) is 88.9 Å². The van der Waals surface area contributed by atoms with Crippen molar-refractivity contribution in [3.63, 3.8) is 0 Å². The second-order valence-corrected chi connectivity index (χ2v) is 8.88. The van der Waals surface area contributed by atoms with E-state index in [9.17, 15) is 9.59 Å². The minimum absolute atomic E-state index is 0.0566. The van der Waals surface area contributed by atoms with Crippen molar-refractivity contribution in [2.24, 2.45) is 5.92 Å². The van der Waals surface area contributed by atoms with Gasteiger partial charge in [-0.25, -0.2) is 0 Å². The molecule has 0 aliphatic carbocycles. The van der Waals surface area contributed by atoms with E-state index in [1.807, 2.05) is 66.9 Å². The van der Waals surface area contributed by atoms with E-state index in [0.29, 0.717) is 35.3 Å². The fourth-order valence-corrected chi connectivity index (χ4v) is 4.15. The Hall–Kier alpha value is -3.39. The SMILES string of the molecule is C=CCn1c(SCCC(=O)Nc2ccccc2)nnc1C(NC(=O)c1ccccc1)C(C)C. The molecule has 0 fully saturated rings. The third kappa shape index (κ3) is 6.79. The van der Waals surface area contributed by atoms with Gasteiger partial charge in [0.25, 0.3) is 5.91 Å². The number of allylic oxidation sites excluding steroid dienone is 1. The van der Waals surface area contributed by atoms with E-state index >= 15 is 0 Å². The fourth-order valence-electron chi connectivity index (χ4n) is 3.26. The van der Waals surface area contributed by atoms with Gasteiger partial charge in [0.05, 0.1) is 6.04 Å². The number of hydrogen-bond acceptors (Lipinski definition) is 5. The molecule has 0 aliphatic heterocycles. The summed E-state index contributed by atoms with van der Waals surface area (Å²) >= 11 is 1.46. The lowest BCUT2D eigenvalue weighted by Crippen LogP contribution is -2.33. The average Bonchev–Trinajstić information content (AvgIpc) is 3.20. The summed E-state index contributed by atoms with van der Waals surface area (Å²) in [4.78, 5) is 25.0. The molecular weight excluding hydrogens is 434 g/mol. The van der Waals surface area contributed by atoms with Crippen LogP contribution in [0.3, 0.4) is 0 Å². The largest absolute Gasteiger partial charge is 0.342 e. The zero-order valence-electron chi connectivity index (χ0n) is 18.9. The van der Waals surface area contributed by atoms with Crippen LogP contribution in [0, 0.1) is 5.92 Å². The van der Waals surface area contributed by atoms with Crippen molar-refractivity contribution in [2.45, 2.75) is 38.0 Å². The van der Waals surface area contributed by atoms with Crippen LogP contribution in [0.1, 0.15) is 42.5 Å². The monoisotopic (exact) mass is 463 g/mol. The number of aromatic nitrogens is 3. The Morgan fingerprint density at radius 1 is 1.06 bits per heavy atom. The van der Waals surface area contributed by atoms with E-state index in [1.165, 1.54) is 11.8 Å². The highest BCUT2D eigenvalue weighted by Crippen LogP contribution is 2.26. The number of rotatable bonds is 11. The molecule has 0 saturated carbocycles. The van der Waals surface area contributed by atoms with Crippen LogP contribution in [0.15, 0.2) is 78.5 Å². The second-order valence-electron chi connectivity index (χ2n) is 7.81. The number of benzene rings is 2. The van der Waals surface area contributed by atoms with Gasteiger partial charge in [-0.1, -0.05) is 68.1 Å². The second kappa shape index (κ2) is 12.0. The predicted molar refractivity (Wildman–Crippen MR) is 132 cm³/mol. The molecule has 172 valence electrons. The number of hydrogen-bond donors (Lipinski definition) is 2. The lowest BCUT2D eigenvalue weighted by molar-refractivity contribution is -0.115. The number of nitrogens with zero attached hydrogens (tertiary/aromatic N) is 3. The fraction of sp³-hybridized carbons (Fsp3) is 0.280. The average molecular weight is 464 g/mol. The van der Waals surface area contributed by atoms with Gasteiger partial charge in [-0.2, -0.15) is 0 Å². The quantitative estimate of drug-likeness (QED) is 0.317. The highest BCUT2D eigenvalue weighted by atomic mass is 32.2. The molecule has 3 aromatic rings. The van der Waals surface area contributed by atoms with Crippen LogP contribution < -0.4 is 10.6 Å². The third-order valence-electron chi connectivity index (χ3n) is 4.94. The first-order valence-corrected chi connectivity index (χ1v) is 11.9. The maximum Gasteiger partial charge on any atom is 0.251 e. The van der Waals surface area contributed by atoms with Gasteiger partial charge in [-0.3, -0.25) is 9.59 Å². The Kier molecular flexibility index (Phi) is 8.83. The Morgan fingerprint density at radius 2 is 1.73 bits per heavy atom. The molecule has 1 heterocycles. The number of nitrogens with one attached hydrogen (secondary N) is 2. The van der Waals surface area contributed by atoms with Crippen LogP contribution in [-0.4, -0.2) is 32.3 Å². The number of anilines is 1. The molecule has 2 amide bonds. The van der Waals surface area contributed by atoms with Crippen molar-refractivity contribution in [1.82, 2.24) is 20.1 Å². The summed E-state index contributed by atoms with van der Waals surface area (Å²) in [7, 11) is 0. The number of para-hydroxylation sites is 1. The molecule has 0 radical (unpaired) electrons. The van der Waals surface area contributed by atoms with Crippen molar-refractivity contribution >= 4 is 29.3 Å². The lowest BCUT2D eigenvalue weighted by atomic mass is 10.0. The molecule has 0 aliphatic rings. The maximum absolute atomic E-state index is 12.8. The highest BCUT2D eigenvalue weighted by molar-refractivity contribution is 7.99. The summed E-state index contributed by atoms with van der Waals surface area (Å²) in [5.41, 5.74) is 1.37. The smallest absolute Gasteiger partial charge is 0.251 e. The number of carbonyl (C=O) groups excluding carboxylic acids is 2. The Labute approximate surface area is 198 Å². The molecule has 1 unspecified atom stereocenters. The molecule has 2 aromatic carbocycles. The van der Waals surface area contributed by atoms with Crippen LogP contribution in [-0.2, 0) is 11.3 Å². The molecule has 1 aromatic heterocycles. The Bertz CT molecular complexity index is 1070. The van der Waals surface area contributed by atoms with E-state index in [-0.39, 0.29) is 23.8 Å². The normalized spacial score (nSPS) is 11.7. The van der Waals surface area contributed by atoms with Gasteiger partial charge >= 0.3 is 0 Å². The molecule has 2 N–H and O–H groups in total. The van der Waals surface area contributed by atoms with Crippen molar-refractivity contribution in [3.8, 4) is 0 Å². The molecule has 1 atom stereocenters. The third-order valence-corrected chi connectivity index (χ3v) is 5.91. The van der Waals surface area contributed by atoms with Crippen LogP contribution in [0.5, 0.6) is 0 Å². The van der Waals surface area contributed by atoms with E-state index in [0.717, 1.165) is 5.69 Å². The molecule has 33 heavy (non-hydrogen) atoms. The number of amides is 2. The van der Waals surface area contributed by atoms with E-state index in [4.69, 9.17) is 0 Å². The van der Waals surface area contributed by atoms with Gasteiger partial charge in [-0.05, 0) is 30.2 Å². The van der Waals surface area contributed by atoms with Crippen LogP contribution in [0.25, 0.3) is 0 Å². The first kappa shape index (κ1) is 24.3. The van der Waals surface area contributed by atoms with E-state index in [1.54, 1.807) is 18.2 Å². The Balaban J connectivity index is 1.68. The number of carbonyl (C=O) groups is 2. The standard InChI is InChI=1S/C25H29N5O2S/c1-4-16-30-23(22(18(2)3)27-24(32)19-11-7-5-8-12-19)28-29-25(30)33-17-15-21(31)26-20-13-9-6-10-14-20/h4-14,18,22H,1,15-17H2,2-3H3,(H,26,31)(H,27,32). The van der Waals surface area contributed by atoms with Crippen LogP contribution in [0.4, 0.5) is 5.69 Å². The molecule has 0 bridgehead atoms. The van der Waals surface area contributed by atoms with Crippen molar-refractivity contribution in [2.75, 3.05) is 11.1 Å². The van der Waals surface area contributed by atoms with Crippen molar-refractivity contribution in [3.05, 3.63) is 84.7 Å². The van der Waals surface area contributed by atoms with Gasteiger partial charge < -0.3 is 15.2 Å². The van der Waals surface area contributed by atoms with Crippen LogP contribution >= 0.6 is 11.8 Å². The zero-order valence-corrected chi connectivity index (χ0v) is 19.7. The molecule has 0 saturated heterocycles. The molecule has 3 rings (SSSR count). The number of thioether (sulfide) groups is 1. The molecule has 0 spiro atoms. The molecule has 8 heteroatoms. The highest BCUT2D eigenvalue weighted by Gasteiger charge is 2.26. The summed E-state index contributed by atoms with van der Waals surface area (Å²) < 4.78 is 1.95. The van der Waals surface area contributed by atoms with Gasteiger partial charge in [0.15, 0.2) is 11.0 Å². The first-order chi connectivity index (χ1) is 16.0.